The van der Waals surface area contributed by atoms with Crippen molar-refractivity contribution in [3.05, 3.63) is 35.9 Å². The number of ether oxygens (including phenoxy) is 2. The number of esters is 2. The van der Waals surface area contributed by atoms with Gasteiger partial charge in [0, 0.05) is 36.0 Å². The summed E-state index contributed by atoms with van der Waals surface area (Å²) in [5.41, 5.74) is 1.09. The summed E-state index contributed by atoms with van der Waals surface area (Å²) in [4.78, 5) is 45.7. The first-order chi connectivity index (χ1) is 19.2. The van der Waals surface area contributed by atoms with Gasteiger partial charge in [0.05, 0.1) is 28.7 Å². The number of carbonyl (C=O) groups excluding carboxylic acids is 3. The fourth-order valence-electron chi connectivity index (χ4n) is 4.65. The molecule has 1 amide bonds. The van der Waals surface area contributed by atoms with E-state index < -0.39 is 30.1 Å². The molecule has 0 aliphatic carbocycles. The van der Waals surface area contributed by atoms with Crippen molar-refractivity contribution in [1.82, 2.24) is 15.6 Å². The zero-order chi connectivity index (χ0) is 29.0. The lowest BCUT2D eigenvalue weighted by Gasteiger charge is -2.29. The van der Waals surface area contributed by atoms with Gasteiger partial charge in [0.1, 0.15) is 18.7 Å². The number of nitrogens with one attached hydrogen (secondary N) is 1. The highest BCUT2D eigenvalue weighted by molar-refractivity contribution is 8.21. The molecule has 11 nitrogen and oxygen atoms in total. The predicted molar refractivity (Wildman–Crippen MR) is 155 cm³/mol. The van der Waals surface area contributed by atoms with Gasteiger partial charge in [0.15, 0.2) is 0 Å². The van der Waals surface area contributed by atoms with Gasteiger partial charge in [-0.2, -0.15) is 11.8 Å². The van der Waals surface area contributed by atoms with Gasteiger partial charge in [0.25, 0.3) is 0 Å². The van der Waals surface area contributed by atoms with Crippen molar-refractivity contribution in [3.63, 3.8) is 0 Å². The van der Waals surface area contributed by atoms with Crippen molar-refractivity contribution in [3.8, 4) is 0 Å². The van der Waals surface area contributed by atoms with Crippen molar-refractivity contribution in [2.75, 3.05) is 49.4 Å². The molecular weight excluding hydrogens is 579 g/mol. The van der Waals surface area contributed by atoms with E-state index in [1.807, 2.05) is 30.3 Å². The lowest BCUT2D eigenvalue weighted by Crippen LogP contribution is -2.53. The summed E-state index contributed by atoms with van der Waals surface area (Å²) in [6, 6.07) is 7.75. The van der Waals surface area contributed by atoms with E-state index in [4.69, 9.17) is 19.9 Å². The molecule has 2 aliphatic rings. The van der Waals surface area contributed by atoms with Crippen LogP contribution in [0, 0.1) is 0 Å². The second-order valence-corrected chi connectivity index (χ2v) is 13.8. The smallest absolute Gasteiger partial charge is 0.328 e. The van der Waals surface area contributed by atoms with E-state index in [1.165, 1.54) is 11.8 Å². The fourth-order valence-corrected chi connectivity index (χ4v) is 8.51. The van der Waals surface area contributed by atoms with Crippen LogP contribution in [0.1, 0.15) is 32.3 Å². The van der Waals surface area contributed by atoms with Crippen LogP contribution in [0.4, 0.5) is 0 Å². The molecule has 1 aromatic rings. The van der Waals surface area contributed by atoms with Gasteiger partial charge in [-0.3, -0.25) is 25.3 Å². The molecule has 2 heterocycles. The summed E-state index contributed by atoms with van der Waals surface area (Å²) in [7, 11) is 0. The summed E-state index contributed by atoms with van der Waals surface area (Å²) in [6.07, 6.45) is 1.63. The first-order valence-corrected chi connectivity index (χ1v) is 16.5. The Kier molecular flexibility index (Phi) is 13.9. The third-order valence-electron chi connectivity index (χ3n) is 6.52. The third-order valence-corrected chi connectivity index (χ3v) is 10.9. The van der Waals surface area contributed by atoms with Crippen LogP contribution in [0.5, 0.6) is 0 Å². The van der Waals surface area contributed by atoms with Crippen molar-refractivity contribution in [1.29, 1.82) is 0 Å². The maximum absolute atomic E-state index is 13.7. The molecule has 3 rings (SSSR count). The van der Waals surface area contributed by atoms with Crippen molar-refractivity contribution < 1.29 is 39.1 Å². The first-order valence-electron chi connectivity index (χ1n) is 13.3. The second kappa shape index (κ2) is 16.8. The lowest BCUT2D eigenvalue weighted by molar-refractivity contribution is -0.490. The van der Waals surface area contributed by atoms with Crippen molar-refractivity contribution in [2.24, 2.45) is 0 Å². The first kappa shape index (κ1) is 33.0. The molecule has 224 valence electrons. The molecule has 40 heavy (non-hydrogen) atoms. The fraction of sp³-hybridized carbons (Fsp3) is 0.654. The Morgan fingerprint density at radius 3 is 2.52 bits per heavy atom. The van der Waals surface area contributed by atoms with Crippen LogP contribution in [0.15, 0.2) is 30.3 Å². The minimum absolute atomic E-state index is 0.0938. The molecule has 0 radical (unpaired) electrons. The zero-order valence-electron chi connectivity index (χ0n) is 22.9. The number of hydrogen-bond donors (Lipinski definition) is 3. The quantitative estimate of drug-likeness (QED) is 0.142. The summed E-state index contributed by atoms with van der Waals surface area (Å²) in [5.74, 6) is 1.82. The Bertz CT molecular complexity index is 952. The number of rotatable bonds is 16. The number of benzene rings is 1. The Morgan fingerprint density at radius 1 is 1.15 bits per heavy atom. The van der Waals surface area contributed by atoms with Crippen LogP contribution in [-0.4, -0.2) is 110 Å². The molecule has 3 N–H and O–H groups in total. The summed E-state index contributed by atoms with van der Waals surface area (Å²) in [6.45, 7) is 4.41. The van der Waals surface area contributed by atoms with Gasteiger partial charge in [-0.1, -0.05) is 30.3 Å². The van der Waals surface area contributed by atoms with Crippen LogP contribution < -0.4 is 5.32 Å². The number of hydrogen-bond acceptors (Lipinski definition) is 13. The molecule has 1 aromatic carbocycles. The maximum atomic E-state index is 13.7. The van der Waals surface area contributed by atoms with E-state index in [2.05, 4.69) is 10.2 Å². The summed E-state index contributed by atoms with van der Waals surface area (Å²) >= 11 is 5.00. The molecule has 2 saturated heterocycles. The Balaban J connectivity index is 1.60. The van der Waals surface area contributed by atoms with Crippen molar-refractivity contribution in [2.45, 2.75) is 55.3 Å². The van der Waals surface area contributed by atoms with Crippen molar-refractivity contribution >= 4 is 53.1 Å². The number of amides is 1. The third kappa shape index (κ3) is 10.1. The van der Waals surface area contributed by atoms with Gasteiger partial charge in [-0.15, -0.1) is 23.5 Å². The number of thioether (sulfide) groups is 3. The Hall–Kier alpha value is -1.52. The normalized spacial score (nSPS) is 19.6. The topological polar surface area (TPSA) is 138 Å². The molecular formula is C26H39N3O8S3. The van der Waals surface area contributed by atoms with Crippen LogP contribution in [0.2, 0.25) is 0 Å². The highest BCUT2D eigenvalue weighted by Gasteiger charge is 2.52. The monoisotopic (exact) mass is 617 g/mol. The maximum Gasteiger partial charge on any atom is 0.328 e. The standard InChI is InChI=1S/C26H39N3O8S3/c1-3-35-24(31)21(10-9-20-7-5-4-6-8-20)27-19(2)23(30)28-18-26(39-15-16-40-26)17-22(28)25(32)36-11-13-38-14-12-37-29(33)34/h4-8,19,21-22,27,33-34H,3,9-18H2,1-2H3. The average Bonchev–Trinajstić information content (AvgIpc) is 3.56. The number of likely N-dealkylation sites (tertiary alicyclic amines) is 1. The largest absolute Gasteiger partial charge is 0.465 e. The molecule has 14 heteroatoms. The Morgan fingerprint density at radius 2 is 1.85 bits per heavy atom. The Labute approximate surface area is 247 Å². The van der Waals surface area contributed by atoms with Gasteiger partial charge in [-0.05, 0) is 32.3 Å². The van der Waals surface area contributed by atoms with E-state index in [0.717, 1.165) is 17.1 Å². The van der Waals surface area contributed by atoms with E-state index in [1.54, 1.807) is 42.3 Å². The highest BCUT2D eigenvalue weighted by Crippen LogP contribution is 2.52. The molecule has 1 spiro atoms. The molecule has 3 atom stereocenters. The molecule has 0 saturated carbocycles. The SMILES string of the molecule is CCOC(=O)C(CCc1ccccc1)NC(C)C(=O)N1CC2(CC1C(=O)OCCSCCON(O)O)SCCS2. The number of carbonyl (C=O) groups is 3. The van der Waals surface area contributed by atoms with E-state index in [0.29, 0.717) is 37.3 Å². The predicted octanol–water partition coefficient (Wildman–Crippen LogP) is 2.59. The zero-order valence-corrected chi connectivity index (χ0v) is 25.3. The number of aryl methyl sites for hydroxylation is 1. The molecule has 0 aromatic heterocycles. The van der Waals surface area contributed by atoms with Crippen LogP contribution >= 0.6 is 35.3 Å². The summed E-state index contributed by atoms with van der Waals surface area (Å²) < 4.78 is 10.6. The van der Waals surface area contributed by atoms with Gasteiger partial charge >= 0.3 is 11.9 Å². The second-order valence-electron chi connectivity index (χ2n) is 9.38. The van der Waals surface area contributed by atoms with Crippen LogP contribution in [0.25, 0.3) is 0 Å². The van der Waals surface area contributed by atoms with E-state index >= 15 is 0 Å². The number of nitrogens with zero attached hydrogens (tertiary/aromatic N) is 2. The lowest BCUT2D eigenvalue weighted by atomic mass is 10.0. The molecule has 2 fully saturated rings. The van der Waals surface area contributed by atoms with Crippen LogP contribution in [-0.2, 0) is 35.1 Å². The average molecular weight is 618 g/mol. The molecule has 2 aliphatic heterocycles. The van der Waals surface area contributed by atoms with E-state index in [-0.39, 0.29) is 35.2 Å². The summed E-state index contributed by atoms with van der Waals surface area (Å²) in [5, 5.41) is 19.9. The van der Waals surface area contributed by atoms with Crippen LogP contribution in [0.3, 0.4) is 0 Å². The molecule has 3 unspecified atom stereocenters. The van der Waals surface area contributed by atoms with Gasteiger partial charge in [-0.25, -0.2) is 9.63 Å². The van der Waals surface area contributed by atoms with E-state index in [9.17, 15) is 14.4 Å². The van der Waals surface area contributed by atoms with Gasteiger partial charge < -0.3 is 14.4 Å². The highest BCUT2D eigenvalue weighted by atomic mass is 32.2. The molecule has 0 bridgehead atoms. The van der Waals surface area contributed by atoms with Gasteiger partial charge in [0.2, 0.25) is 5.91 Å². The minimum atomic E-state index is -0.708. The minimum Gasteiger partial charge on any atom is -0.465 e.